The fourth-order valence-corrected chi connectivity index (χ4v) is 13.2. The van der Waals surface area contributed by atoms with Crippen molar-refractivity contribution in [3.63, 3.8) is 0 Å². The van der Waals surface area contributed by atoms with Gasteiger partial charge in [0.1, 0.15) is 48.6 Å². The number of anilines is 1. The molecule has 0 radical (unpaired) electrons. The van der Waals surface area contributed by atoms with Gasteiger partial charge >= 0.3 is 0 Å². The van der Waals surface area contributed by atoms with Crippen molar-refractivity contribution in [3.8, 4) is 11.1 Å². The molecule has 1 aliphatic carbocycles. The Hall–Kier alpha value is -8.93. The summed E-state index contributed by atoms with van der Waals surface area (Å²) in [6.45, 7) is 6.75. The van der Waals surface area contributed by atoms with Crippen molar-refractivity contribution in [2.24, 2.45) is 10.9 Å². The predicted molar refractivity (Wildman–Crippen MR) is 343 cm³/mol. The summed E-state index contributed by atoms with van der Waals surface area (Å²) >= 11 is 0. The van der Waals surface area contributed by atoms with Crippen molar-refractivity contribution >= 4 is 69.7 Å². The number of aliphatic imine (C=N–C) groups is 1. The second kappa shape index (κ2) is 30.0. The minimum absolute atomic E-state index is 0.0237. The quantitative estimate of drug-likeness (QED) is 0.0185. The molecule has 18 nitrogen and oxygen atoms in total. The number of amides is 6. The summed E-state index contributed by atoms with van der Waals surface area (Å²) in [4.78, 5) is 119. The average Bonchev–Trinajstić information content (AvgIpc) is 1.55. The third-order valence-corrected chi connectivity index (χ3v) is 18.4. The number of piperidine rings is 1. The summed E-state index contributed by atoms with van der Waals surface area (Å²) < 4.78 is 7.65. The fraction of sp³-hybridized carbons (Fsp3) is 0.431. The van der Waals surface area contributed by atoms with Crippen LogP contribution in [0.3, 0.4) is 0 Å². The molecule has 6 aromatic rings. The number of carbonyl (C=O) groups excluding carboxylic acids is 8. The molecule has 4 heterocycles. The summed E-state index contributed by atoms with van der Waals surface area (Å²) in [5.74, 6) is -2.82. The Balaban J connectivity index is 0.775. The summed E-state index contributed by atoms with van der Waals surface area (Å²) in [5, 5.41) is 26.3. The van der Waals surface area contributed by atoms with Crippen molar-refractivity contribution < 1.29 is 48.2 Å². The van der Waals surface area contributed by atoms with Crippen LogP contribution >= 0.6 is 0 Å². The van der Waals surface area contributed by atoms with E-state index < -0.39 is 54.0 Å². The molecule has 6 amide bonds. The van der Waals surface area contributed by atoms with Crippen LogP contribution in [-0.2, 0) is 57.7 Å². The van der Waals surface area contributed by atoms with E-state index in [0.717, 1.165) is 51.6 Å². The molecule has 472 valence electrons. The maximum atomic E-state index is 14.7. The molecule has 0 spiro atoms. The number of benzene rings is 5. The summed E-state index contributed by atoms with van der Waals surface area (Å²) in [6.07, 6.45) is 9.40. The number of para-hydroxylation sites is 1. The van der Waals surface area contributed by atoms with Crippen molar-refractivity contribution in [1.82, 2.24) is 30.7 Å². The Labute approximate surface area is 526 Å². The first-order chi connectivity index (χ1) is 43.7. The molecule has 2 unspecified atom stereocenters. The van der Waals surface area contributed by atoms with E-state index >= 15 is 0 Å². The first kappa shape index (κ1) is 64.1. The van der Waals surface area contributed by atoms with E-state index in [1.54, 1.807) is 46.2 Å². The molecule has 0 bridgehead atoms. The van der Waals surface area contributed by atoms with Crippen LogP contribution in [0.2, 0.25) is 0 Å². The van der Waals surface area contributed by atoms with Crippen LogP contribution in [0, 0.1) is 5.92 Å². The average molecular weight is 1220 g/mol. The topological polar surface area (TPSA) is 241 Å². The molecule has 4 N–H and O–H groups in total. The van der Waals surface area contributed by atoms with E-state index in [-0.39, 0.29) is 73.5 Å². The minimum atomic E-state index is -1.15. The van der Waals surface area contributed by atoms with Gasteiger partial charge in [0.25, 0.3) is 5.91 Å². The zero-order valence-electron chi connectivity index (χ0n) is 51.9. The number of aromatic nitrogens is 1. The number of hydrogen-bond acceptors (Lipinski definition) is 11. The van der Waals surface area contributed by atoms with Crippen LogP contribution in [0.4, 0.5) is 5.69 Å². The lowest BCUT2D eigenvalue weighted by Crippen LogP contribution is -2.64. The number of ketones is 2. The molecule has 1 aromatic heterocycles. The first-order valence-corrected chi connectivity index (χ1v) is 32.4. The number of fused-ring (bicyclic) bond motifs is 6. The number of hydrogen-bond donors (Lipinski definition) is 4. The number of unbranched alkanes of at least 4 members (excludes halogenated alkanes) is 5. The minimum Gasteiger partial charge on any atom is -0.599 e. The van der Waals surface area contributed by atoms with E-state index in [1.165, 1.54) is 0 Å². The Bertz CT molecular complexity index is 3590. The van der Waals surface area contributed by atoms with Gasteiger partial charge in [-0.25, -0.2) is 0 Å². The Kier molecular flexibility index (Phi) is 21.4. The lowest BCUT2D eigenvalue weighted by atomic mass is 9.93. The monoisotopic (exact) mass is 1220 g/mol. The molecule has 4 aliphatic rings. The SMILES string of the molecule is CCC(=O)CCCCC[C@@H]1NC(=O)[C@H]2CCCCN2C(=O)[C@H](C(C)CC)NC(=O)[C@H](Cc2cn(CC(=O)NCCCCCCN3C(=O)C(N=C([O-])OCC4c5ccccc5-c5ccccc54)Cc4ccc(C(=O)c5ccccc5)cc43)c3ccccc23)NC1=O. The van der Waals surface area contributed by atoms with Crippen LogP contribution in [0.25, 0.3) is 22.0 Å². The molecule has 10 rings (SSSR count). The third-order valence-electron chi connectivity index (χ3n) is 18.4. The normalized spacial score (nSPS) is 19.9. The van der Waals surface area contributed by atoms with Gasteiger partial charge in [-0.05, 0) is 96.4 Å². The molecule has 3 aliphatic heterocycles. The van der Waals surface area contributed by atoms with Crippen LogP contribution in [0.1, 0.15) is 155 Å². The van der Waals surface area contributed by atoms with Gasteiger partial charge in [-0.1, -0.05) is 162 Å². The number of carbonyl (C=O) groups is 8. The van der Waals surface area contributed by atoms with Gasteiger partial charge in [-0.15, -0.1) is 0 Å². The van der Waals surface area contributed by atoms with Gasteiger partial charge in [0.05, 0.1) is 0 Å². The Morgan fingerprint density at radius 3 is 2.17 bits per heavy atom. The third kappa shape index (κ3) is 15.0. The smallest absolute Gasteiger partial charge is 0.252 e. The van der Waals surface area contributed by atoms with Gasteiger partial charge in [0.2, 0.25) is 29.5 Å². The molecule has 2 fully saturated rings. The molecule has 6 atom stereocenters. The molecule has 90 heavy (non-hydrogen) atoms. The van der Waals surface area contributed by atoms with E-state index in [1.807, 2.05) is 104 Å². The lowest BCUT2D eigenvalue weighted by Gasteiger charge is -2.39. The van der Waals surface area contributed by atoms with Crippen molar-refractivity contribution in [1.29, 1.82) is 0 Å². The second-order valence-electron chi connectivity index (χ2n) is 24.5. The van der Waals surface area contributed by atoms with Gasteiger partial charge < -0.3 is 45.5 Å². The fourth-order valence-electron chi connectivity index (χ4n) is 13.2. The first-order valence-electron chi connectivity index (χ1n) is 32.4. The molecule has 18 heteroatoms. The number of nitrogens with zero attached hydrogens (tertiary/aromatic N) is 4. The van der Waals surface area contributed by atoms with Crippen LogP contribution in [0.5, 0.6) is 0 Å². The highest BCUT2D eigenvalue weighted by molar-refractivity contribution is 6.11. The van der Waals surface area contributed by atoms with Gasteiger partial charge in [-0.3, -0.25) is 43.3 Å². The van der Waals surface area contributed by atoms with E-state index in [2.05, 4.69) is 38.4 Å². The van der Waals surface area contributed by atoms with Gasteiger partial charge in [-0.2, -0.15) is 0 Å². The highest BCUT2D eigenvalue weighted by atomic mass is 16.6. The second-order valence-corrected chi connectivity index (χ2v) is 24.5. The number of ether oxygens (including phenoxy) is 1. The van der Waals surface area contributed by atoms with E-state index in [4.69, 9.17) is 4.74 Å². The highest BCUT2D eigenvalue weighted by Crippen LogP contribution is 2.44. The summed E-state index contributed by atoms with van der Waals surface area (Å²) in [5.41, 5.74) is 8.13. The standard InChI is InChI=1S/C72H84N8O10/c1-4-46(3)65-71(88)79-39-23-20-34-62(79)69(86)74-58(32-13-9-12-26-51(81)5-2)67(84)75-59(68(85)77-65)41-50-43-78(61-33-19-18-27-52(50)61)44-64(82)73-37-21-6-7-22-38-80-63-42-49(66(83)47-24-10-8-11-25-47)36-35-48(63)40-60(70(80)87)76-72(89)90-45-57-55-30-16-14-28-53(55)54-29-15-17-31-56(54)57/h8,10-11,14-19,24-25,27-31,33,35-36,42-43,46,57-60,62,65H,4-7,9,12-13,20-23,26,32,34,37-41,44-45H2,1-3H3,(H,73,82)(H,74,86)(H,75,84)(H,76,89)(H,77,85)/p-1/t46?,58-,59-,60?,62+,65-/m0/s1. The molecule has 2 saturated heterocycles. The maximum Gasteiger partial charge on any atom is 0.252 e. The molecular weight excluding hydrogens is 1140 g/mol. The summed E-state index contributed by atoms with van der Waals surface area (Å²) in [6, 6.07) is 33.1. The number of rotatable bonds is 25. The van der Waals surface area contributed by atoms with Crippen LogP contribution < -0.4 is 31.3 Å². The maximum absolute atomic E-state index is 14.7. The van der Waals surface area contributed by atoms with E-state index in [0.29, 0.717) is 113 Å². The molecular formula is C72H83N8O10-. The zero-order chi connectivity index (χ0) is 63.3. The molecule has 0 saturated carbocycles. The van der Waals surface area contributed by atoms with Crippen molar-refractivity contribution in [2.45, 2.75) is 166 Å². The van der Waals surface area contributed by atoms with Gasteiger partial charge in [0, 0.05) is 91.8 Å². The Morgan fingerprint density at radius 2 is 1.41 bits per heavy atom. The highest BCUT2D eigenvalue weighted by Gasteiger charge is 2.41. The van der Waals surface area contributed by atoms with Gasteiger partial charge in [0.15, 0.2) is 5.78 Å². The largest absolute Gasteiger partial charge is 0.599 e. The summed E-state index contributed by atoms with van der Waals surface area (Å²) in [7, 11) is 0. The molecule has 5 aromatic carbocycles. The van der Waals surface area contributed by atoms with Crippen LogP contribution in [0.15, 0.2) is 133 Å². The number of Topliss-reactive ketones (excluding diaryl/α,β-unsaturated/α-hetero) is 1. The number of nitrogens with one attached hydrogen (secondary N) is 4. The van der Waals surface area contributed by atoms with E-state index in [9.17, 15) is 43.5 Å². The van der Waals surface area contributed by atoms with Crippen LogP contribution in [-0.4, -0.2) is 119 Å². The Morgan fingerprint density at radius 1 is 0.722 bits per heavy atom. The predicted octanol–water partition coefficient (Wildman–Crippen LogP) is 8.42. The van der Waals surface area contributed by atoms with Crippen molar-refractivity contribution in [2.75, 3.05) is 31.1 Å². The van der Waals surface area contributed by atoms with Crippen molar-refractivity contribution in [3.05, 3.63) is 161 Å². The lowest BCUT2D eigenvalue weighted by molar-refractivity contribution is -0.251. The zero-order valence-corrected chi connectivity index (χ0v) is 51.9.